The summed E-state index contributed by atoms with van der Waals surface area (Å²) in [5.74, 6) is 0. The minimum atomic E-state index is 0.813. The fourth-order valence-corrected chi connectivity index (χ4v) is 2.03. The van der Waals surface area contributed by atoms with Gasteiger partial charge in [-0.1, -0.05) is 0 Å². The fraction of sp³-hybridized carbons (Fsp3) is 0.400. The Balaban J connectivity index is 1.89. The third kappa shape index (κ3) is 2.43. The predicted octanol–water partition coefficient (Wildman–Crippen LogP) is 1.77. The number of nitrogens with zero attached hydrogens (tertiary/aromatic N) is 2. The summed E-state index contributed by atoms with van der Waals surface area (Å²) in [7, 11) is 0. The molecule has 2 aromatic rings. The minimum absolute atomic E-state index is 0.813. The molecule has 0 saturated carbocycles. The molecule has 0 aliphatic heterocycles. The lowest BCUT2D eigenvalue weighted by Crippen LogP contribution is -2.13. The summed E-state index contributed by atoms with van der Waals surface area (Å²) in [5.41, 5.74) is 6.41. The van der Waals surface area contributed by atoms with Crippen LogP contribution in [0, 0.1) is 13.8 Å². The summed E-state index contributed by atoms with van der Waals surface area (Å²) in [5, 5.41) is 12.5. The molecule has 0 radical (unpaired) electrons. The molecule has 0 bridgehead atoms. The van der Waals surface area contributed by atoms with E-state index in [1.807, 2.05) is 19.4 Å². The summed E-state index contributed by atoms with van der Waals surface area (Å²) in [6.07, 6.45) is 0. The molecule has 0 aliphatic rings. The Bertz CT molecular complexity index is 399. The van der Waals surface area contributed by atoms with Gasteiger partial charge >= 0.3 is 0 Å². The van der Waals surface area contributed by atoms with E-state index >= 15 is 0 Å². The van der Waals surface area contributed by atoms with Gasteiger partial charge in [0.15, 0.2) is 0 Å². The number of aryl methyl sites for hydroxylation is 2. The summed E-state index contributed by atoms with van der Waals surface area (Å²) in [6.45, 7) is 5.71. The van der Waals surface area contributed by atoms with Gasteiger partial charge in [0, 0.05) is 29.7 Å². The van der Waals surface area contributed by atoms with Crippen LogP contribution < -0.4 is 5.32 Å². The van der Waals surface area contributed by atoms with E-state index in [9.17, 15) is 0 Å². The molecule has 2 rings (SSSR count). The third-order valence-corrected chi connectivity index (χ3v) is 3.01. The van der Waals surface area contributed by atoms with Crippen LogP contribution in [0.1, 0.15) is 22.6 Å². The van der Waals surface area contributed by atoms with Gasteiger partial charge in [-0.25, -0.2) is 4.98 Å². The lowest BCUT2D eigenvalue weighted by molar-refractivity contribution is 0.678. The van der Waals surface area contributed by atoms with Crippen LogP contribution in [0.2, 0.25) is 0 Å². The number of hydrogen-bond acceptors (Lipinski definition) is 4. The summed E-state index contributed by atoms with van der Waals surface area (Å²) in [6, 6.07) is 0. The molecule has 4 nitrogen and oxygen atoms in total. The van der Waals surface area contributed by atoms with Crippen molar-refractivity contribution in [1.82, 2.24) is 20.5 Å². The van der Waals surface area contributed by atoms with Crippen molar-refractivity contribution in [3.05, 3.63) is 33.5 Å². The zero-order chi connectivity index (χ0) is 10.7. The van der Waals surface area contributed by atoms with E-state index in [0.717, 1.165) is 30.2 Å². The first-order valence-corrected chi connectivity index (χ1v) is 5.80. The van der Waals surface area contributed by atoms with E-state index in [1.165, 1.54) is 5.56 Å². The van der Waals surface area contributed by atoms with Crippen molar-refractivity contribution in [3.63, 3.8) is 0 Å². The van der Waals surface area contributed by atoms with E-state index in [0.29, 0.717) is 0 Å². The molecule has 0 amide bonds. The van der Waals surface area contributed by atoms with Gasteiger partial charge in [-0.05, 0) is 13.8 Å². The fourth-order valence-electron chi connectivity index (χ4n) is 1.47. The molecular formula is C10H14N4S. The molecule has 0 spiro atoms. The number of thiazole rings is 1. The normalized spacial score (nSPS) is 10.8. The third-order valence-electron chi connectivity index (χ3n) is 2.37. The molecule has 2 heterocycles. The molecule has 0 atom stereocenters. The molecule has 0 aliphatic carbocycles. The first kappa shape index (κ1) is 10.3. The molecule has 0 unspecified atom stereocenters. The van der Waals surface area contributed by atoms with Gasteiger partial charge in [-0.15, -0.1) is 11.3 Å². The molecule has 2 N–H and O–H groups in total. The Morgan fingerprint density at radius 2 is 2.27 bits per heavy atom. The quantitative estimate of drug-likeness (QED) is 0.829. The van der Waals surface area contributed by atoms with Gasteiger partial charge in [-0.3, -0.25) is 5.10 Å². The van der Waals surface area contributed by atoms with Crippen molar-refractivity contribution in [2.45, 2.75) is 26.9 Å². The van der Waals surface area contributed by atoms with E-state index in [1.54, 1.807) is 11.3 Å². The van der Waals surface area contributed by atoms with Crippen molar-refractivity contribution < 1.29 is 0 Å². The average molecular weight is 222 g/mol. The van der Waals surface area contributed by atoms with Crippen LogP contribution >= 0.6 is 11.3 Å². The van der Waals surface area contributed by atoms with E-state index in [2.05, 4.69) is 25.9 Å². The van der Waals surface area contributed by atoms with Gasteiger partial charge in [-0.2, -0.15) is 5.10 Å². The average Bonchev–Trinajstić information content (AvgIpc) is 2.82. The Morgan fingerprint density at radius 3 is 2.87 bits per heavy atom. The maximum Gasteiger partial charge on any atom is 0.0795 e. The molecule has 0 saturated heterocycles. The molecular weight excluding hydrogens is 208 g/mol. The van der Waals surface area contributed by atoms with Gasteiger partial charge in [0.05, 0.1) is 16.9 Å². The SMILES string of the molecule is Cc1n[nH]c(C)c1CNCc1cscn1. The minimum Gasteiger partial charge on any atom is -0.307 e. The highest BCUT2D eigenvalue weighted by molar-refractivity contribution is 7.07. The summed E-state index contributed by atoms with van der Waals surface area (Å²) in [4.78, 5) is 4.21. The van der Waals surface area contributed by atoms with Gasteiger partial charge < -0.3 is 5.32 Å². The first-order valence-electron chi connectivity index (χ1n) is 4.85. The molecule has 15 heavy (non-hydrogen) atoms. The Kier molecular flexibility index (Phi) is 3.13. The number of hydrogen-bond donors (Lipinski definition) is 2. The van der Waals surface area contributed by atoms with Crippen molar-refractivity contribution in [2.75, 3.05) is 0 Å². The number of aromatic nitrogens is 3. The van der Waals surface area contributed by atoms with Gasteiger partial charge in [0.25, 0.3) is 0 Å². The van der Waals surface area contributed by atoms with E-state index in [4.69, 9.17) is 0 Å². The van der Waals surface area contributed by atoms with Crippen LogP contribution in [0.4, 0.5) is 0 Å². The number of rotatable bonds is 4. The highest BCUT2D eigenvalue weighted by Crippen LogP contribution is 2.09. The zero-order valence-corrected chi connectivity index (χ0v) is 9.69. The van der Waals surface area contributed by atoms with Gasteiger partial charge in [0.2, 0.25) is 0 Å². The Labute approximate surface area is 92.8 Å². The summed E-state index contributed by atoms with van der Waals surface area (Å²) >= 11 is 1.62. The number of aromatic amines is 1. The first-order chi connectivity index (χ1) is 7.27. The van der Waals surface area contributed by atoms with Crippen LogP contribution in [0.3, 0.4) is 0 Å². The lowest BCUT2D eigenvalue weighted by Gasteiger charge is -2.02. The molecule has 80 valence electrons. The standard InChI is InChI=1S/C10H14N4S/c1-7-10(8(2)14-13-7)4-11-3-9-5-15-6-12-9/h5-6,11H,3-4H2,1-2H3,(H,13,14). The number of nitrogens with one attached hydrogen (secondary N) is 2. The Hall–Kier alpha value is -1.20. The van der Waals surface area contributed by atoms with Crippen LogP contribution in [0.15, 0.2) is 10.9 Å². The largest absolute Gasteiger partial charge is 0.307 e. The van der Waals surface area contributed by atoms with Crippen molar-refractivity contribution in [1.29, 1.82) is 0 Å². The smallest absolute Gasteiger partial charge is 0.0795 e. The second-order valence-electron chi connectivity index (χ2n) is 3.50. The molecule has 0 aromatic carbocycles. The van der Waals surface area contributed by atoms with E-state index in [-0.39, 0.29) is 0 Å². The van der Waals surface area contributed by atoms with Crippen LogP contribution in [-0.4, -0.2) is 15.2 Å². The topological polar surface area (TPSA) is 53.6 Å². The van der Waals surface area contributed by atoms with Crippen LogP contribution in [0.5, 0.6) is 0 Å². The van der Waals surface area contributed by atoms with Crippen molar-refractivity contribution >= 4 is 11.3 Å². The zero-order valence-electron chi connectivity index (χ0n) is 8.87. The van der Waals surface area contributed by atoms with E-state index < -0.39 is 0 Å². The second kappa shape index (κ2) is 4.55. The highest BCUT2D eigenvalue weighted by atomic mass is 32.1. The maximum atomic E-state index is 4.21. The molecule has 2 aromatic heterocycles. The number of H-pyrrole nitrogens is 1. The lowest BCUT2D eigenvalue weighted by atomic mass is 10.2. The highest BCUT2D eigenvalue weighted by Gasteiger charge is 2.05. The molecule has 5 heteroatoms. The monoisotopic (exact) mass is 222 g/mol. The summed E-state index contributed by atoms with van der Waals surface area (Å²) < 4.78 is 0. The second-order valence-corrected chi connectivity index (χ2v) is 4.21. The molecule has 0 fully saturated rings. The van der Waals surface area contributed by atoms with Crippen LogP contribution in [-0.2, 0) is 13.1 Å². The van der Waals surface area contributed by atoms with Crippen LogP contribution in [0.25, 0.3) is 0 Å². The predicted molar refractivity (Wildman–Crippen MR) is 60.7 cm³/mol. The van der Waals surface area contributed by atoms with Crippen molar-refractivity contribution in [3.8, 4) is 0 Å². The van der Waals surface area contributed by atoms with Gasteiger partial charge in [0.1, 0.15) is 0 Å². The Morgan fingerprint density at radius 1 is 1.40 bits per heavy atom. The van der Waals surface area contributed by atoms with Crippen molar-refractivity contribution in [2.24, 2.45) is 0 Å². The maximum absolute atomic E-state index is 4.21.